The van der Waals surface area contributed by atoms with Gasteiger partial charge in [0.1, 0.15) is 11.6 Å². The first-order valence-electron chi connectivity index (χ1n) is 10.3. The van der Waals surface area contributed by atoms with Crippen LogP contribution in [-0.2, 0) is 14.3 Å². The van der Waals surface area contributed by atoms with Gasteiger partial charge in [0.25, 0.3) is 0 Å². The summed E-state index contributed by atoms with van der Waals surface area (Å²) in [7, 11) is 2.93. The Kier molecular flexibility index (Phi) is 5.55. The third-order valence-corrected chi connectivity index (χ3v) is 5.94. The van der Waals surface area contributed by atoms with Crippen LogP contribution in [0.2, 0.25) is 0 Å². The van der Waals surface area contributed by atoms with Gasteiger partial charge in [-0.15, -0.1) is 0 Å². The number of esters is 1. The van der Waals surface area contributed by atoms with Gasteiger partial charge in [-0.3, -0.25) is 9.69 Å². The molecule has 0 unspecified atom stereocenters. The van der Waals surface area contributed by atoms with Crippen LogP contribution in [0, 0.1) is 6.92 Å². The summed E-state index contributed by atoms with van der Waals surface area (Å²) < 4.78 is 10.4. The van der Waals surface area contributed by atoms with Gasteiger partial charge in [-0.1, -0.05) is 29.8 Å². The van der Waals surface area contributed by atoms with Crippen molar-refractivity contribution in [1.82, 2.24) is 0 Å². The van der Waals surface area contributed by atoms with E-state index in [0.717, 1.165) is 28.9 Å². The normalized spacial score (nSPS) is 18.7. The second-order valence-electron chi connectivity index (χ2n) is 7.80. The van der Waals surface area contributed by atoms with Crippen molar-refractivity contribution < 1.29 is 19.1 Å². The number of anilines is 1. The van der Waals surface area contributed by atoms with Crippen molar-refractivity contribution in [3.05, 3.63) is 82.3 Å². The molecule has 2 aromatic rings. The van der Waals surface area contributed by atoms with E-state index >= 15 is 0 Å². The number of allylic oxidation sites excluding steroid dienone is 2. The monoisotopic (exact) mass is 418 g/mol. The summed E-state index contributed by atoms with van der Waals surface area (Å²) in [5, 5.41) is 0. The number of benzene rings is 2. The van der Waals surface area contributed by atoms with Crippen LogP contribution in [0.4, 0.5) is 5.69 Å². The van der Waals surface area contributed by atoms with Gasteiger partial charge in [-0.2, -0.15) is 0 Å². The Hall–Kier alpha value is -3.54. The summed E-state index contributed by atoms with van der Waals surface area (Å²) in [4.78, 5) is 28.0. The summed E-state index contributed by atoms with van der Waals surface area (Å²) >= 11 is 0. The van der Waals surface area contributed by atoms with E-state index < -0.39 is 11.9 Å². The zero-order chi connectivity index (χ0) is 22.1. The van der Waals surface area contributed by atoms with Gasteiger partial charge in [0.15, 0.2) is 5.78 Å². The molecule has 0 saturated heterocycles. The van der Waals surface area contributed by atoms with E-state index in [9.17, 15) is 9.59 Å². The number of carbonyl (C=O) groups excluding carboxylic acids is 2. The summed E-state index contributed by atoms with van der Waals surface area (Å²) in [5.74, 6) is -0.0946. The van der Waals surface area contributed by atoms with E-state index in [0.29, 0.717) is 30.0 Å². The molecule has 0 fully saturated rings. The van der Waals surface area contributed by atoms with Crippen LogP contribution in [0.1, 0.15) is 36.3 Å². The summed E-state index contributed by atoms with van der Waals surface area (Å²) in [6.45, 7) is 2.01. The molecule has 0 aromatic heterocycles. The molecule has 0 bridgehead atoms. The number of ether oxygens (including phenoxy) is 2. The first-order valence-corrected chi connectivity index (χ1v) is 10.3. The molecule has 6 heteroatoms. The quantitative estimate of drug-likeness (QED) is 0.757. The summed E-state index contributed by atoms with van der Waals surface area (Å²) in [6.07, 6.45) is 1.90. The van der Waals surface area contributed by atoms with Crippen LogP contribution < -0.4 is 15.4 Å². The zero-order valence-electron chi connectivity index (χ0n) is 18.0. The molecule has 4 rings (SSSR count). The van der Waals surface area contributed by atoms with Crippen molar-refractivity contribution in [2.45, 2.75) is 32.1 Å². The van der Waals surface area contributed by atoms with E-state index in [4.69, 9.17) is 15.2 Å². The molecule has 6 nitrogen and oxygen atoms in total. The Labute approximate surface area is 181 Å². The Morgan fingerprint density at radius 2 is 1.71 bits per heavy atom. The van der Waals surface area contributed by atoms with Crippen molar-refractivity contribution in [3.63, 3.8) is 0 Å². The number of aryl methyl sites for hydroxylation is 1. The molecule has 2 aliphatic rings. The predicted octanol–water partition coefficient (Wildman–Crippen LogP) is 3.96. The standard InChI is InChI=1S/C25H26N2O4/c1-15-7-11-17(12-8-15)27-19-5-4-6-20(28)22(19)21(23(24(27)26)25(29)31-3)16-9-13-18(30-2)14-10-16/h7-14,21H,4-6,26H2,1-3H3/t21-/m0/s1. The molecule has 1 heterocycles. The Morgan fingerprint density at radius 3 is 2.32 bits per heavy atom. The molecule has 0 saturated carbocycles. The fourth-order valence-electron chi connectivity index (χ4n) is 4.42. The second kappa shape index (κ2) is 8.30. The highest BCUT2D eigenvalue weighted by Gasteiger charge is 2.42. The lowest BCUT2D eigenvalue weighted by molar-refractivity contribution is -0.136. The van der Waals surface area contributed by atoms with Crippen LogP contribution >= 0.6 is 0 Å². The third-order valence-electron chi connectivity index (χ3n) is 5.94. The smallest absolute Gasteiger partial charge is 0.338 e. The van der Waals surface area contributed by atoms with Crippen molar-refractivity contribution in [2.75, 3.05) is 19.1 Å². The average Bonchev–Trinajstić information content (AvgIpc) is 2.79. The van der Waals surface area contributed by atoms with E-state index in [2.05, 4.69) is 0 Å². The molecule has 31 heavy (non-hydrogen) atoms. The largest absolute Gasteiger partial charge is 0.497 e. The van der Waals surface area contributed by atoms with Crippen molar-refractivity contribution in [2.24, 2.45) is 5.73 Å². The Morgan fingerprint density at radius 1 is 1.03 bits per heavy atom. The van der Waals surface area contributed by atoms with Gasteiger partial charge in [-0.05, 0) is 49.6 Å². The van der Waals surface area contributed by atoms with Crippen molar-refractivity contribution >= 4 is 17.4 Å². The van der Waals surface area contributed by atoms with Crippen LogP contribution in [0.15, 0.2) is 71.2 Å². The van der Waals surface area contributed by atoms with E-state index in [1.165, 1.54) is 7.11 Å². The molecule has 160 valence electrons. The van der Waals surface area contributed by atoms with Gasteiger partial charge in [0, 0.05) is 23.4 Å². The van der Waals surface area contributed by atoms with Gasteiger partial charge in [0.05, 0.1) is 25.7 Å². The third kappa shape index (κ3) is 3.58. The SMILES string of the molecule is COC(=O)C1=C(N)N(c2ccc(C)cc2)C2=C(C(=O)CCC2)[C@@H]1c1ccc(OC)cc1. The fourth-order valence-corrected chi connectivity index (χ4v) is 4.42. The number of hydrogen-bond acceptors (Lipinski definition) is 6. The first kappa shape index (κ1) is 20.7. The topological polar surface area (TPSA) is 81.9 Å². The second-order valence-corrected chi connectivity index (χ2v) is 7.80. The highest BCUT2D eigenvalue weighted by atomic mass is 16.5. The number of ketones is 1. The number of hydrogen-bond donors (Lipinski definition) is 1. The molecular weight excluding hydrogens is 392 g/mol. The van der Waals surface area contributed by atoms with E-state index in [-0.39, 0.29) is 11.4 Å². The molecule has 1 aliphatic carbocycles. The van der Waals surface area contributed by atoms with Gasteiger partial charge in [-0.25, -0.2) is 4.79 Å². The maximum absolute atomic E-state index is 13.2. The number of methoxy groups -OCH3 is 2. The van der Waals surface area contributed by atoms with Crippen molar-refractivity contribution in [3.8, 4) is 5.75 Å². The summed E-state index contributed by atoms with van der Waals surface area (Å²) in [6, 6.07) is 15.3. The maximum atomic E-state index is 13.2. The predicted molar refractivity (Wildman–Crippen MR) is 119 cm³/mol. The number of nitrogens with two attached hydrogens (primary N) is 1. The molecule has 2 N–H and O–H groups in total. The number of rotatable bonds is 4. The van der Waals surface area contributed by atoms with Crippen LogP contribution in [0.25, 0.3) is 0 Å². The highest BCUT2D eigenvalue weighted by Crippen LogP contribution is 2.46. The van der Waals surface area contributed by atoms with E-state index in [1.807, 2.05) is 60.4 Å². The lowest BCUT2D eigenvalue weighted by atomic mass is 9.75. The van der Waals surface area contributed by atoms with Gasteiger partial charge in [0.2, 0.25) is 0 Å². The molecule has 1 atom stereocenters. The molecular formula is C25H26N2O4. The fraction of sp³-hybridized carbons (Fsp3) is 0.280. The molecule has 0 spiro atoms. The Bertz CT molecular complexity index is 1080. The lowest BCUT2D eigenvalue weighted by Gasteiger charge is -2.40. The van der Waals surface area contributed by atoms with Crippen LogP contribution in [-0.4, -0.2) is 26.0 Å². The van der Waals surface area contributed by atoms with Gasteiger partial charge >= 0.3 is 5.97 Å². The zero-order valence-corrected chi connectivity index (χ0v) is 18.0. The minimum Gasteiger partial charge on any atom is -0.497 e. The summed E-state index contributed by atoms with van der Waals surface area (Å²) in [5.41, 5.74) is 11.1. The van der Waals surface area contributed by atoms with Crippen molar-refractivity contribution in [1.29, 1.82) is 0 Å². The maximum Gasteiger partial charge on any atom is 0.338 e. The minimum absolute atomic E-state index is 0.0353. The molecule has 0 radical (unpaired) electrons. The average molecular weight is 418 g/mol. The van der Waals surface area contributed by atoms with E-state index in [1.54, 1.807) is 7.11 Å². The Balaban J connectivity index is 1.96. The van der Waals surface area contributed by atoms with Crippen LogP contribution in [0.5, 0.6) is 5.75 Å². The minimum atomic E-state index is -0.581. The number of carbonyl (C=O) groups is 2. The molecule has 2 aromatic carbocycles. The van der Waals surface area contributed by atoms with Crippen LogP contribution in [0.3, 0.4) is 0 Å². The molecule has 1 aliphatic heterocycles. The van der Waals surface area contributed by atoms with Gasteiger partial charge < -0.3 is 15.2 Å². The first-order chi connectivity index (χ1) is 15.0. The number of nitrogens with zero attached hydrogens (tertiary/aromatic N) is 1. The molecule has 0 amide bonds. The number of Topliss-reactive ketones (excluding diaryl/α,β-unsaturated/α-hetero) is 1. The lowest BCUT2D eigenvalue weighted by Crippen LogP contribution is -2.40. The highest BCUT2D eigenvalue weighted by molar-refractivity contribution is 6.05.